The van der Waals surface area contributed by atoms with E-state index in [9.17, 15) is 8.42 Å². The average molecular weight is 300 g/mol. The van der Waals surface area contributed by atoms with Crippen molar-refractivity contribution in [1.82, 2.24) is 19.4 Å². The van der Waals surface area contributed by atoms with Gasteiger partial charge in [-0.15, -0.1) is 0 Å². The molecule has 6 nitrogen and oxygen atoms in total. The van der Waals surface area contributed by atoms with Crippen LogP contribution in [0.3, 0.4) is 0 Å². The van der Waals surface area contributed by atoms with Crippen molar-refractivity contribution < 1.29 is 8.42 Å². The zero-order chi connectivity index (χ0) is 14.8. The number of nitrogens with one attached hydrogen (secondary N) is 1. The van der Waals surface area contributed by atoms with Gasteiger partial charge in [0.1, 0.15) is 4.90 Å². The van der Waals surface area contributed by atoms with Crippen LogP contribution in [0.2, 0.25) is 0 Å². The van der Waals surface area contributed by atoms with Gasteiger partial charge in [0.2, 0.25) is 10.0 Å². The van der Waals surface area contributed by atoms with Crippen LogP contribution in [0.5, 0.6) is 0 Å². The molecule has 2 atom stereocenters. The summed E-state index contributed by atoms with van der Waals surface area (Å²) in [5.41, 5.74) is 0. The highest BCUT2D eigenvalue weighted by atomic mass is 32.2. The molecule has 0 bridgehead atoms. The Kier molecular flexibility index (Phi) is 4.82. The molecule has 1 aromatic rings. The highest BCUT2D eigenvalue weighted by Crippen LogP contribution is 2.27. The van der Waals surface area contributed by atoms with E-state index in [-0.39, 0.29) is 6.04 Å². The maximum atomic E-state index is 12.7. The SMILES string of the molecule is CNCCn1cc(S(=O)(=O)N2CC(C)CCC2C)cn1. The molecule has 1 fully saturated rings. The third-order valence-electron chi connectivity index (χ3n) is 3.87. The van der Waals surface area contributed by atoms with Crippen LogP contribution < -0.4 is 5.32 Å². The average Bonchev–Trinajstić information content (AvgIpc) is 2.88. The van der Waals surface area contributed by atoms with Crippen LogP contribution in [-0.4, -0.2) is 48.7 Å². The molecule has 0 radical (unpaired) electrons. The Morgan fingerprint density at radius 1 is 1.40 bits per heavy atom. The first-order valence-electron chi connectivity index (χ1n) is 7.14. The molecule has 0 amide bonds. The van der Waals surface area contributed by atoms with Crippen molar-refractivity contribution in [1.29, 1.82) is 0 Å². The molecule has 2 heterocycles. The molecule has 114 valence electrons. The molecule has 20 heavy (non-hydrogen) atoms. The maximum Gasteiger partial charge on any atom is 0.246 e. The number of sulfonamides is 1. The topological polar surface area (TPSA) is 67.2 Å². The van der Waals surface area contributed by atoms with Crippen LogP contribution >= 0.6 is 0 Å². The third-order valence-corrected chi connectivity index (χ3v) is 5.80. The Morgan fingerprint density at radius 2 is 2.15 bits per heavy atom. The number of rotatable bonds is 5. The molecular formula is C13H24N4O2S. The minimum absolute atomic E-state index is 0.0665. The van der Waals surface area contributed by atoms with E-state index in [0.29, 0.717) is 23.9 Å². The molecular weight excluding hydrogens is 276 g/mol. The standard InChI is InChI=1S/C13H24N4O2S/c1-11-4-5-12(2)17(9-11)20(18,19)13-8-15-16(10-13)7-6-14-3/h8,10-12,14H,4-7,9H2,1-3H3. The van der Waals surface area contributed by atoms with Crippen LogP contribution in [-0.2, 0) is 16.6 Å². The lowest BCUT2D eigenvalue weighted by atomic mass is 9.97. The van der Waals surface area contributed by atoms with E-state index >= 15 is 0 Å². The first kappa shape index (κ1) is 15.5. The van der Waals surface area contributed by atoms with Crippen LogP contribution in [0.1, 0.15) is 26.7 Å². The van der Waals surface area contributed by atoms with E-state index in [1.807, 2.05) is 14.0 Å². The fourth-order valence-electron chi connectivity index (χ4n) is 2.54. The fraction of sp³-hybridized carbons (Fsp3) is 0.769. The monoisotopic (exact) mass is 300 g/mol. The molecule has 1 aromatic heterocycles. The second kappa shape index (κ2) is 6.24. The van der Waals surface area contributed by atoms with Crippen LogP contribution in [0.25, 0.3) is 0 Å². The number of hydrogen-bond acceptors (Lipinski definition) is 4. The summed E-state index contributed by atoms with van der Waals surface area (Å²) in [4.78, 5) is 0.301. The highest BCUT2D eigenvalue weighted by molar-refractivity contribution is 7.89. The number of aromatic nitrogens is 2. The largest absolute Gasteiger partial charge is 0.318 e. The zero-order valence-corrected chi connectivity index (χ0v) is 13.2. The van der Waals surface area contributed by atoms with Gasteiger partial charge in [0.25, 0.3) is 0 Å². The fourth-order valence-corrected chi connectivity index (χ4v) is 4.28. The van der Waals surface area contributed by atoms with Gasteiger partial charge in [-0.05, 0) is 32.7 Å². The number of likely N-dealkylation sites (N-methyl/N-ethyl adjacent to an activating group) is 1. The second-order valence-corrected chi connectivity index (χ2v) is 7.54. The van der Waals surface area contributed by atoms with E-state index in [1.165, 1.54) is 6.20 Å². The van der Waals surface area contributed by atoms with Crippen molar-refractivity contribution in [2.24, 2.45) is 5.92 Å². The minimum Gasteiger partial charge on any atom is -0.318 e. The van der Waals surface area contributed by atoms with E-state index in [4.69, 9.17) is 0 Å². The molecule has 1 saturated heterocycles. The Morgan fingerprint density at radius 3 is 2.85 bits per heavy atom. The Labute approximate surface area is 121 Å². The number of nitrogens with zero attached hydrogens (tertiary/aromatic N) is 3. The minimum atomic E-state index is -3.42. The van der Waals surface area contributed by atoms with E-state index in [1.54, 1.807) is 15.2 Å². The smallest absolute Gasteiger partial charge is 0.246 e. The first-order chi connectivity index (χ1) is 9.45. The summed E-state index contributed by atoms with van der Waals surface area (Å²) in [6, 6.07) is 0.0665. The Hall–Kier alpha value is -0.920. The predicted octanol–water partition coefficient (Wildman–Crippen LogP) is 0.912. The molecule has 2 rings (SSSR count). The second-order valence-electron chi connectivity index (χ2n) is 5.65. The van der Waals surface area contributed by atoms with Crippen molar-refractivity contribution in [3.05, 3.63) is 12.4 Å². The van der Waals surface area contributed by atoms with Gasteiger partial charge < -0.3 is 5.32 Å². The first-order valence-corrected chi connectivity index (χ1v) is 8.58. The lowest BCUT2D eigenvalue weighted by Crippen LogP contribution is -2.44. The molecule has 0 saturated carbocycles. The Bertz CT molecular complexity index is 540. The summed E-state index contributed by atoms with van der Waals surface area (Å²) in [6.07, 6.45) is 5.10. The van der Waals surface area contributed by atoms with E-state index < -0.39 is 10.0 Å². The van der Waals surface area contributed by atoms with E-state index in [0.717, 1.165) is 19.4 Å². The Balaban J connectivity index is 2.18. The summed E-state index contributed by atoms with van der Waals surface area (Å²) in [5, 5.41) is 7.15. The normalized spacial score (nSPS) is 24.9. The van der Waals surface area contributed by atoms with Crippen LogP contribution in [0, 0.1) is 5.92 Å². The summed E-state index contributed by atoms with van der Waals surface area (Å²) in [6.45, 7) is 6.11. The molecule has 1 N–H and O–H groups in total. The van der Waals surface area contributed by atoms with Crippen molar-refractivity contribution in [3.8, 4) is 0 Å². The summed E-state index contributed by atoms with van der Waals surface area (Å²) < 4.78 is 28.7. The molecule has 0 spiro atoms. The molecule has 0 aliphatic carbocycles. The zero-order valence-electron chi connectivity index (χ0n) is 12.4. The van der Waals surface area contributed by atoms with Crippen molar-refractivity contribution in [2.75, 3.05) is 20.1 Å². The van der Waals surface area contributed by atoms with Gasteiger partial charge in [-0.2, -0.15) is 9.40 Å². The van der Waals surface area contributed by atoms with Gasteiger partial charge in [-0.3, -0.25) is 4.68 Å². The molecule has 7 heteroatoms. The molecule has 2 unspecified atom stereocenters. The van der Waals surface area contributed by atoms with Gasteiger partial charge in [-0.1, -0.05) is 6.92 Å². The van der Waals surface area contributed by atoms with Gasteiger partial charge in [0, 0.05) is 25.3 Å². The van der Waals surface area contributed by atoms with Crippen LogP contribution in [0.4, 0.5) is 0 Å². The number of piperidine rings is 1. The summed E-state index contributed by atoms with van der Waals surface area (Å²) >= 11 is 0. The van der Waals surface area contributed by atoms with Gasteiger partial charge in [-0.25, -0.2) is 8.42 Å². The molecule has 1 aliphatic rings. The number of hydrogen-bond donors (Lipinski definition) is 1. The quantitative estimate of drug-likeness (QED) is 0.878. The predicted molar refractivity (Wildman–Crippen MR) is 77.9 cm³/mol. The maximum absolute atomic E-state index is 12.7. The van der Waals surface area contributed by atoms with Crippen LogP contribution in [0.15, 0.2) is 17.3 Å². The molecule has 1 aliphatic heterocycles. The van der Waals surface area contributed by atoms with Crippen molar-refractivity contribution in [3.63, 3.8) is 0 Å². The van der Waals surface area contributed by atoms with E-state index in [2.05, 4.69) is 17.3 Å². The molecule has 0 aromatic carbocycles. The van der Waals surface area contributed by atoms with Gasteiger partial charge in [0.15, 0.2) is 0 Å². The third kappa shape index (κ3) is 3.21. The highest BCUT2D eigenvalue weighted by Gasteiger charge is 2.34. The van der Waals surface area contributed by atoms with Gasteiger partial charge >= 0.3 is 0 Å². The van der Waals surface area contributed by atoms with Crippen molar-refractivity contribution >= 4 is 10.0 Å². The summed E-state index contributed by atoms with van der Waals surface area (Å²) in [5.74, 6) is 0.417. The summed E-state index contributed by atoms with van der Waals surface area (Å²) in [7, 11) is -1.56. The van der Waals surface area contributed by atoms with Crippen molar-refractivity contribution in [2.45, 2.75) is 44.2 Å². The lowest BCUT2D eigenvalue weighted by molar-refractivity contribution is 0.218. The lowest BCUT2D eigenvalue weighted by Gasteiger charge is -2.35. The van der Waals surface area contributed by atoms with Gasteiger partial charge in [0.05, 0.1) is 12.7 Å².